The smallest absolute Gasteiger partial charge is 0.266 e. The van der Waals surface area contributed by atoms with Crippen LogP contribution in [0.2, 0.25) is 5.02 Å². The molecule has 1 N–H and O–H groups in total. The molecule has 3 rings (SSSR count). The maximum Gasteiger partial charge on any atom is 0.266 e. The van der Waals surface area contributed by atoms with Gasteiger partial charge in [-0.1, -0.05) is 39.7 Å². The van der Waals surface area contributed by atoms with Gasteiger partial charge in [0.05, 0.1) is 18.5 Å². The fourth-order valence-electron chi connectivity index (χ4n) is 2.76. The average Bonchev–Trinajstić information content (AvgIpc) is 2.70. The van der Waals surface area contributed by atoms with Crippen molar-refractivity contribution in [3.63, 3.8) is 0 Å². The van der Waals surface area contributed by atoms with Crippen LogP contribution in [0.1, 0.15) is 12.8 Å². The van der Waals surface area contributed by atoms with E-state index in [-0.39, 0.29) is 17.9 Å². The molecule has 29 heavy (non-hydrogen) atoms. The highest BCUT2D eigenvalue weighted by Gasteiger charge is 2.09. The van der Waals surface area contributed by atoms with Crippen LogP contribution in [-0.2, 0) is 11.3 Å². The molecule has 8 heteroatoms. The zero-order chi connectivity index (χ0) is 20.8. The van der Waals surface area contributed by atoms with Crippen molar-refractivity contribution in [3.8, 4) is 17.0 Å². The van der Waals surface area contributed by atoms with Crippen LogP contribution in [0, 0.1) is 0 Å². The molecule has 0 aliphatic carbocycles. The molecule has 0 fully saturated rings. The van der Waals surface area contributed by atoms with Crippen LogP contribution in [0.5, 0.6) is 5.75 Å². The monoisotopic (exact) mass is 475 g/mol. The topological polar surface area (TPSA) is 73.2 Å². The predicted molar refractivity (Wildman–Crippen MR) is 118 cm³/mol. The van der Waals surface area contributed by atoms with Gasteiger partial charge in [-0.25, -0.2) is 4.68 Å². The minimum Gasteiger partial charge on any atom is -0.495 e. The number of aromatic nitrogens is 2. The summed E-state index contributed by atoms with van der Waals surface area (Å²) in [6, 6.07) is 15.9. The molecule has 3 aromatic rings. The molecular weight excluding hydrogens is 458 g/mol. The minimum absolute atomic E-state index is 0.192. The number of nitrogens with one attached hydrogen (secondary N) is 1. The van der Waals surface area contributed by atoms with E-state index in [0.29, 0.717) is 35.1 Å². The van der Waals surface area contributed by atoms with E-state index in [9.17, 15) is 9.59 Å². The third kappa shape index (κ3) is 5.68. The van der Waals surface area contributed by atoms with E-state index < -0.39 is 0 Å². The molecule has 1 heterocycles. The van der Waals surface area contributed by atoms with Crippen LogP contribution in [0.4, 0.5) is 5.69 Å². The summed E-state index contributed by atoms with van der Waals surface area (Å²) in [7, 11) is 1.52. The Kier molecular flexibility index (Phi) is 7.06. The number of rotatable bonds is 7. The van der Waals surface area contributed by atoms with Crippen molar-refractivity contribution in [1.82, 2.24) is 9.78 Å². The van der Waals surface area contributed by atoms with Crippen LogP contribution >= 0.6 is 27.5 Å². The third-order valence-corrected chi connectivity index (χ3v) is 4.98. The zero-order valence-corrected chi connectivity index (χ0v) is 18.0. The lowest BCUT2D eigenvalue weighted by Crippen LogP contribution is -2.23. The van der Waals surface area contributed by atoms with Crippen molar-refractivity contribution < 1.29 is 9.53 Å². The molecule has 0 bridgehead atoms. The number of ether oxygens (including phenoxy) is 1. The van der Waals surface area contributed by atoms with E-state index in [4.69, 9.17) is 16.3 Å². The second-order valence-corrected chi connectivity index (χ2v) is 7.64. The van der Waals surface area contributed by atoms with Crippen molar-refractivity contribution in [2.75, 3.05) is 12.4 Å². The molecule has 0 saturated heterocycles. The first-order chi connectivity index (χ1) is 14.0. The summed E-state index contributed by atoms with van der Waals surface area (Å²) in [5.74, 6) is 0.338. The number of aryl methyl sites for hydroxylation is 1. The Balaban J connectivity index is 1.62. The highest BCUT2D eigenvalue weighted by Crippen LogP contribution is 2.27. The predicted octanol–water partition coefficient (Wildman–Crippen LogP) is 4.75. The number of nitrogens with zero attached hydrogens (tertiary/aromatic N) is 2. The summed E-state index contributed by atoms with van der Waals surface area (Å²) in [6.45, 7) is 0.337. The van der Waals surface area contributed by atoms with Gasteiger partial charge in [-0.3, -0.25) is 9.59 Å². The molecular formula is C21H19BrClN3O3. The van der Waals surface area contributed by atoms with Crippen molar-refractivity contribution in [2.45, 2.75) is 19.4 Å². The first kappa shape index (κ1) is 21.1. The van der Waals surface area contributed by atoms with E-state index in [1.165, 1.54) is 17.9 Å². The summed E-state index contributed by atoms with van der Waals surface area (Å²) in [5, 5.41) is 7.70. The summed E-state index contributed by atoms with van der Waals surface area (Å²) >= 11 is 9.38. The van der Waals surface area contributed by atoms with Crippen LogP contribution in [0.15, 0.2) is 63.9 Å². The van der Waals surface area contributed by atoms with Crippen LogP contribution < -0.4 is 15.6 Å². The van der Waals surface area contributed by atoms with E-state index in [1.807, 2.05) is 24.3 Å². The Morgan fingerprint density at radius 2 is 1.93 bits per heavy atom. The number of carbonyl (C=O) groups is 1. The van der Waals surface area contributed by atoms with Crippen molar-refractivity contribution >= 4 is 39.1 Å². The number of methoxy groups -OCH3 is 1. The van der Waals surface area contributed by atoms with Crippen molar-refractivity contribution in [3.05, 3.63) is 74.4 Å². The summed E-state index contributed by atoms with van der Waals surface area (Å²) in [4.78, 5) is 24.4. The van der Waals surface area contributed by atoms with Crippen LogP contribution in [-0.4, -0.2) is 22.8 Å². The number of halogens is 2. The second kappa shape index (κ2) is 9.71. The van der Waals surface area contributed by atoms with Gasteiger partial charge in [0.25, 0.3) is 5.56 Å². The number of anilines is 1. The highest BCUT2D eigenvalue weighted by molar-refractivity contribution is 9.10. The molecule has 150 valence electrons. The SMILES string of the molecule is COc1ccc(Cl)cc1NC(=O)CCCn1nc(-c2ccc(Br)cc2)ccc1=O. The lowest BCUT2D eigenvalue weighted by atomic mass is 10.1. The molecule has 2 aromatic carbocycles. The molecule has 1 aromatic heterocycles. The molecule has 6 nitrogen and oxygen atoms in total. The maximum absolute atomic E-state index is 12.3. The average molecular weight is 477 g/mol. The number of amides is 1. The van der Waals surface area contributed by atoms with Crippen LogP contribution in [0.25, 0.3) is 11.3 Å². The van der Waals surface area contributed by atoms with Gasteiger partial charge in [0, 0.05) is 34.1 Å². The lowest BCUT2D eigenvalue weighted by Gasteiger charge is -2.11. The van der Waals surface area contributed by atoms with Gasteiger partial charge in [-0.2, -0.15) is 5.10 Å². The molecule has 0 radical (unpaired) electrons. The van der Waals surface area contributed by atoms with Crippen molar-refractivity contribution in [1.29, 1.82) is 0 Å². The Morgan fingerprint density at radius 3 is 2.66 bits per heavy atom. The Morgan fingerprint density at radius 1 is 1.17 bits per heavy atom. The van der Waals surface area contributed by atoms with Gasteiger partial charge in [-0.05, 0) is 42.8 Å². The summed E-state index contributed by atoms with van der Waals surface area (Å²) in [6.07, 6.45) is 0.692. The molecule has 0 saturated carbocycles. The fraction of sp³-hybridized carbons (Fsp3) is 0.190. The van der Waals surface area contributed by atoms with Gasteiger partial charge in [0.15, 0.2) is 0 Å². The number of hydrogen-bond acceptors (Lipinski definition) is 4. The standard InChI is InChI=1S/C21H19BrClN3O3/c1-29-19-10-8-16(23)13-18(19)24-20(27)3-2-12-26-21(28)11-9-17(25-26)14-4-6-15(22)7-5-14/h4-11,13H,2-3,12H2,1H3,(H,24,27). The molecule has 1 amide bonds. The highest BCUT2D eigenvalue weighted by atomic mass is 79.9. The minimum atomic E-state index is -0.206. The number of hydrogen-bond donors (Lipinski definition) is 1. The van der Waals surface area contributed by atoms with Gasteiger partial charge < -0.3 is 10.1 Å². The van der Waals surface area contributed by atoms with E-state index in [2.05, 4.69) is 26.3 Å². The largest absolute Gasteiger partial charge is 0.495 e. The molecule has 0 spiro atoms. The Hall–Kier alpha value is -2.64. The van der Waals surface area contributed by atoms with E-state index >= 15 is 0 Å². The second-order valence-electron chi connectivity index (χ2n) is 6.28. The van der Waals surface area contributed by atoms with Gasteiger partial charge in [0.2, 0.25) is 5.91 Å². The molecule has 0 atom stereocenters. The van der Waals surface area contributed by atoms with E-state index in [0.717, 1.165) is 10.0 Å². The first-order valence-corrected chi connectivity index (χ1v) is 10.1. The quantitative estimate of drug-likeness (QED) is 0.534. The Bertz CT molecular complexity index is 1070. The third-order valence-electron chi connectivity index (χ3n) is 4.22. The first-order valence-electron chi connectivity index (χ1n) is 8.94. The summed E-state index contributed by atoms with van der Waals surface area (Å²) < 4.78 is 7.57. The van der Waals surface area contributed by atoms with Gasteiger partial charge >= 0.3 is 0 Å². The van der Waals surface area contributed by atoms with Crippen molar-refractivity contribution in [2.24, 2.45) is 0 Å². The van der Waals surface area contributed by atoms with E-state index in [1.54, 1.807) is 24.3 Å². The zero-order valence-electron chi connectivity index (χ0n) is 15.7. The van der Waals surface area contributed by atoms with Gasteiger partial charge in [-0.15, -0.1) is 0 Å². The fourth-order valence-corrected chi connectivity index (χ4v) is 3.20. The Labute approximate surface area is 181 Å². The molecule has 0 unspecified atom stereocenters. The molecule has 0 aliphatic rings. The normalized spacial score (nSPS) is 10.6. The number of carbonyl (C=O) groups excluding carboxylic acids is 1. The van der Waals surface area contributed by atoms with Crippen LogP contribution in [0.3, 0.4) is 0 Å². The lowest BCUT2D eigenvalue weighted by molar-refractivity contribution is -0.116. The number of benzene rings is 2. The van der Waals surface area contributed by atoms with Gasteiger partial charge in [0.1, 0.15) is 5.75 Å². The molecule has 0 aliphatic heterocycles. The maximum atomic E-state index is 12.3. The summed E-state index contributed by atoms with van der Waals surface area (Å²) in [5.41, 5.74) is 1.92.